The van der Waals surface area contributed by atoms with E-state index in [1.54, 1.807) is 30.2 Å². The smallest absolute Gasteiger partial charge is 0.290 e. The fourth-order valence-corrected chi connectivity index (χ4v) is 4.31. The van der Waals surface area contributed by atoms with Crippen LogP contribution in [0.15, 0.2) is 39.5 Å². The number of halogens is 1. The molecule has 2 aromatic carbocycles. The first kappa shape index (κ1) is 23.1. The molecule has 1 aliphatic heterocycles. The summed E-state index contributed by atoms with van der Waals surface area (Å²) in [6, 6.07) is 8.08. The highest BCUT2D eigenvalue weighted by Gasteiger charge is 2.42. The number of amides is 1. The van der Waals surface area contributed by atoms with Crippen LogP contribution in [0.2, 0.25) is 5.02 Å². The van der Waals surface area contributed by atoms with Gasteiger partial charge in [-0.25, -0.2) is 0 Å². The summed E-state index contributed by atoms with van der Waals surface area (Å²) in [4.78, 5) is 28.6. The lowest BCUT2D eigenvalue weighted by molar-refractivity contribution is 0.0663. The first-order chi connectivity index (χ1) is 15.9. The van der Waals surface area contributed by atoms with Crippen LogP contribution in [-0.2, 0) is 4.74 Å². The molecule has 0 fully saturated rings. The van der Waals surface area contributed by atoms with Crippen molar-refractivity contribution in [3.63, 3.8) is 0 Å². The van der Waals surface area contributed by atoms with Crippen molar-refractivity contribution >= 4 is 28.5 Å². The fourth-order valence-electron chi connectivity index (χ4n) is 4.15. The third-order valence-electron chi connectivity index (χ3n) is 5.67. The summed E-state index contributed by atoms with van der Waals surface area (Å²) >= 11 is 6.29. The quantitative estimate of drug-likeness (QED) is 0.472. The van der Waals surface area contributed by atoms with Crippen molar-refractivity contribution in [2.75, 3.05) is 33.5 Å². The minimum absolute atomic E-state index is 0.0437. The van der Waals surface area contributed by atoms with Gasteiger partial charge in [-0.15, -0.1) is 0 Å². The second-order valence-electron chi connectivity index (χ2n) is 7.74. The summed E-state index contributed by atoms with van der Waals surface area (Å²) in [7, 11) is 1.56. The Morgan fingerprint density at radius 1 is 1.06 bits per heavy atom. The number of hydrogen-bond acceptors (Lipinski definition) is 6. The van der Waals surface area contributed by atoms with Gasteiger partial charge >= 0.3 is 0 Å². The number of rotatable bonds is 8. The van der Waals surface area contributed by atoms with Crippen molar-refractivity contribution in [3.8, 4) is 11.5 Å². The van der Waals surface area contributed by atoms with Gasteiger partial charge in [0.15, 0.2) is 16.9 Å². The van der Waals surface area contributed by atoms with Crippen LogP contribution in [0.3, 0.4) is 0 Å². The minimum Gasteiger partial charge on any atom is -0.490 e. The SMILES string of the molecule is CCOc1ccc(C2c3c(oc4cc(C)c(Cl)cc4c3=O)C(=O)N2CCOC)cc1OCC. The molecule has 0 bridgehead atoms. The number of nitrogens with zero attached hydrogens (tertiary/aromatic N) is 1. The number of hydrogen-bond donors (Lipinski definition) is 0. The molecular formula is C25H26ClNO6. The molecule has 1 aliphatic rings. The molecule has 174 valence electrons. The number of ether oxygens (including phenoxy) is 3. The molecule has 0 aliphatic carbocycles. The maximum absolute atomic E-state index is 13.6. The lowest BCUT2D eigenvalue weighted by atomic mass is 9.97. The summed E-state index contributed by atoms with van der Waals surface area (Å²) in [5.74, 6) is 0.838. The predicted molar refractivity (Wildman–Crippen MR) is 126 cm³/mol. The van der Waals surface area contributed by atoms with Crippen LogP contribution in [0.5, 0.6) is 11.5 Å². The summed E-state index contributed by atoms with van der Waals surface area (Å²) in [5.41, 5.74) is 1.82. The van der Waals surface area contributed by atoms with E-state index in [1.807, 2.05) is 32.9 Å². The normalized spacial score (nSPS) is 15.2. The summed E-state index contributed by atoms with van der Waals surface area (Å²) in [6.45, 7) is 7.13. The first-order valence-electron chi connectivity index (χ1n) is 10.9. The summed E-state index contributed by atoms with van der Waals surface area (Å²) in [5, 5.41) is 0.804. The lowest BCUT2D eigenvalue weighted by Gasteiger charge is -2.25. The van der Waals surface area contributed by atoms with E-state index in [2.05, 4.69) is 0 Å². The van der Waals surface area contributed by atoms with Crippen LogP contribution in [0.25, 0.3) is 11.0 Å². The Morgan fingerprint density at radius 3 is 2.48 bits per heavy atom. The van der Waals surface area contributed by atoms with Crippen LogP contribution in [0.4, 0.5) is 0 Å². The summed E-state index contributed by atoms with van der Waals surface area (Å²) < 4.78 is 22.7. The average Bonchev–Trinajstić information content (AvgIpc) is 3.07. The van der Waals surface area contributed by atoms with E-state index >= 15 is 0 Å². The third-order valence-corrected chi connectivity index (χ3v) is 6.07. The van der Waals surface area contributed by atoms with Gasteiger partial charge in [0, 0.05) is 18.7 Å². The monoisotopic (exact) mass is 471 g/mol. The molecule has 1 aromatic heterocycles. The van der Waals surface area contributed by atoms with E-state index in [-0.39, 0.29) is 29.2 Å². The van der Waals surface area contributed by atoms with Crippen molar-refractivity contribution in [1.29, 1.82) is 0 Å². The highest BCUT2D eigenvalue weighted by Crippen LogP contribution is 2.41. The highest BCUT2D eigenvalue weighted by atomic mass is 35.5. The van der Waals surface area contributed by atoms with Gasteiger partial charge in [-0.05, 0) is 56.2 Å². The number of methoxy groups -OCH3 is 1. The Bertz CT molecular complexity index is 1270. The van der Waals surface area contributed by atoms with E-state index in [1.165, 1.54) is 0 Å². The maximum Gasteiger partial charge on any atom is 0.290 e. The molecule has 3 aromatic rings. The van der Waals surface area contributed by atoms with Crippen molar-refractivity contribution in [3.05, 3.63) is 68.0 Å². The van der Waals surface area contributed by atoms with Crippen molar-refractivity contribution in [2.45, 2.75) is 26.8 Å². The van der Waals surface area contributed by atoms with E-state index in [4.69, 9.17) is 30.2 Å². The molecule has 0 spiro atoms. The number of carbonyl (C=O) groups is 1. The molecule has 1 atom stereocenters. The minimum atomic E-state index is -0.654. The van der Waals surface area contributed by atoms with E-state index in [0.717, 1.165) is 11.1 Å². The van der Waals surface area contributed by atoms with Gasteiger partial charge in [0.2, 0.25) is 5.76 Å². The van der Waals surface area contributed by atoms with Gasteiger partial charge in [-0.2, -0.15) is 0 Å². The molecular weight excluding hydrogens is 446 g/mol. The van der Waals surface area contributed by atoms with Crippen LogP contribution >= 0.6 is 11.6 Å². The van der Waals surface area contributed by atoms with Gasteiger partial charge in [0.25, 0.3) is 5.91 Å². The number of aryl methyl sites for hydroxylation is 1. The largest absolute Gasteiger partial charge is 0.490 e. The molecule has 0 saturated carbocycles. The molecule has 7 nitrogen and oxygen atoms in total. The van der Waals surface area contributed by atoms with Gasteiger partial charge < -0.3 is 23.5 Å². The number of benzene rings is 2. The second kappa shape index (κ2) is 9.45. The van der Waals surface area contributed by atoms with Crippen LogP contribution in [0, 0.1) is 6.92 Å². The molecule has 0 N–H and O–H groups in total. The standard InChI is InChI=1S/C25H26ClNO6/c1-5-31-18-8-7-15(12-20(18)32-6-2)22-21-23(28)16-13-17(26)14(3)11-19(16)33-24(21)25(29)27(22)9-10-30-4/h7-8,11-13,22H,5-6,9-10H2,1-4H3. The zero-order chi connectivity index (χ0) is 23.7. The zero-order valence-corrected chi connectivity index (χ0v) is 19.8. The Labute approximate surface area is 196 Å². The molecule has 1 unspecified atom stereocenters. The van der Waals surface area contributed by atoms with Gasteiger partial charge in [0.1, 0.15) is 5.58 Å². The predicted octanol–water partition coefficient (Wildman–Crippen LogP) is 4.74. The Morgan fingerprint density at radius 2 is 1.79 bits per heavy atom. The number of carbonyl (C=O) groups excluding carboxylic acids is 1. The fraction of sp³-hybridized carbons (Fsp3) is 0.360. The van der Waals surface area contributed by atoms with Crippen LogP contribution < -0.4 is 14.9 Å². The average molecular weight is 472 g/mol. The van der Waals surface area contributed by atoms with Crippen LogP contribution in [-0.4, -0.2) is 44.3 Å². The molecule has 4 rings (SSSR count). The molecule has 1 amide bonds. The van der Waals surface area contributed by atoms with Crippen LogP contribution in [0.1, 0.15) is 47.1 Å². The number of fused-ring (bicyclic) bond motifs is 2. The Kier molecular flexibility index (Phi) is 6.63. The van der Waals surface area contributed by atoms with Gasteiger partial charge in [-0.1, -0.05) is 17.7 Å². The van der Waals surface area contributed by atoms with Gasteiger partial charge in [0.05, 0.1) is 36.8 Å². The third kappa shape index (κ3) is 4.07. The molecule has 0 radical (unpaired) electrons. The second-order valence-corrected chi connectivity index (χ2v) is 8.14. The van der Waals surface area contributed by atoms with E-state index in [9.17, 15) is 9.59 Å². The first-order valence-corrected chi connectivity index (χ1v) is 11.2. The lowest BCUT2D eigenvalue weighted by Crippen LogP contribution is -2.32. The molecule has 8 heteroatoms. The summed E-state index contributed by atoms with van der Waals surface area (Å²) in [6.07, 6.45) is 0. The maximum atomic E-state index is 13.6. The molecule has 0 saturated heterocycles. The van der Waals surface area contributed by atoms with Crippen molar-refractivity contribution in [2.24, 2.45) is 0 Å². The Hall–Kier alpha value is -3.03. The van der Waals surface area contributed by atoms with Crippen molar-refractivity contribution in [1.82, 2.24) is 4.90 Å². The van der Waals surface area contributed by atoms with E-state index < -0.39 is 6.04 Å². The van der Waals surface area contributed by atoms with Gasteiger partial charge in [-0.3, -0.25) is 9.59 Å². The van der Waals surface area contributed by atoms with E-state index in [0.29, 0.717) is 47.3 Å². The Balaban J connectivity index is 1.94. The van der Waals surface area contributed by atoms with Crippen molar-refractivity contribution < 1.29 is 23.4 Å². The molecule has 33 heavy (non-hydrogen) atoms. The highest BCUT2D eigenvalue weighted by molar-refractivity contribution is 6.32. The zero-order valence-electron chi connectivity index (χ0n) is 19.1. The molecule has 2 heterocycles. The topological polar surface area (TPSA) is 78.2 Å².